The van der Waals surface area contributed by atoms with E-state index in [9.17, 15) is 14.3 Å². The van der Waals surface area contributed by atoms with Crippen LogP contribution in [0.25, 0.3) is 0 Å². The van der Waals surface area contributed by atoms with Crippen molar-refractivity contribution in [1.82, 2.24) is 0 Å². The van der Waals surface area contributed by atoms with Gasteiger partial charge in [0.25, 0.3) is 0 Å². The van der Waals surface area contributed by atoms with Crippen LogP contribution in [0.4, 0.5) is 4.39 Å². The van der Waals surface area contributed by atoms with E-state index < -0.39 is 12.1 Å². The van der Waals surface area contributed by atoms with E-state index in [1.54, 1.807) is 0 Å². The highest BCUT2D eigenvalue weighted by Crippen LogP contribution is 2.02. The zero-order valence-corrected chi connectivity index (χ0v) is 8.37. The molecule has 0 amide bonds. The van der Waals surface area contributed by atoms with Crippen LogP contribution >= 0.6 is 11.8 Å². The topological polar surface area (TPSA) is 66.8 Å². The van der Waals surface area contributed by atoms with Crippen LogP contribution in [0, 0.1) is 0 Å². The first-order chi connectivity index (χ1) is 6.66. The van der Waals surface area contributed by atoms with E-state index in [0.29, 0.717) is 12.1 Å². The van der Waals surface area contributed by atoms with Crippen LogP contribution in [0.3, 0.4) is 0 Å². The number of rotatable bonds is 8. The lowest BCUT2D eigenvalue weighted by atomic mass is 10.4. The second-order valence-corrected chi connectivity index (χ2v) is 3.49. The van der Waals surface area contributed by atoms with Gasteiger partial charge in [-0.2, -0.15) is 0 Å². The average Bonchev–Trinajstić information content (AvgIpc) is 2.12. The van der Waals surface area contributed by atoms with Crippen molar-refractivity contribution in [3.63, 3.8) is 0 Å². The Labute approximate surface area is 85.8 Å². The summed E-state index contributed by atoms with van der Waals surface area (Å²) in [4.78, 5) is 10.1. The second kappa shape index (κ2) is 8.98. The quantitative estimate of drug-likeness (QED) is 0.593. The number of carboxylic acids is 1. The van der Waals surface area contributed by atoms with Crippen molar-refractivity contribution in [3.05, 3.63) is 12.4 Å². The van der Waals surface area contributed by atoms with Crippen molar-refractivity contribution in [2.45, 2.75) is 6.10 Å². The molecule has 0 spiro atoms. The molecular weight excluding hydrogens is 211 g/mol. The second-order valence-electron chi connectivity index (χ2n) is 2.46. The maximum Gasteiger partial charge on any atom is 0.313 e. The first-order valence-electron chi connectivity index (χ1n) is 3.97. The Morgan fingerprint density at radius 3 is 2.93 bits per heavy atom. The number of thioether (sulfide) groups is 1. The van der Waals surface area contributed by atoms with Gasteiger partial charge in [0.1, 0.15) is 0 Å². The maximum absolute atomic E-state index is 11.4. The van der Waals surface area contributed by atoms with Gasteiger partial charge in [0, 0.05) is 5.75 Å². The van der Waals surface area contributed by atoms with E-state index in [4.69, 9.17) is 9.84 Å². The third kappa shape index (κ3) is 9.50. The van der Waals surface area contributed by atoms with Crippen molar-refractivity contribution < 1.29 is 24.1 Å². The summed E-state index contributed by atoms with van der Waals surface area (Å²) in [5.41, 5.74) is 0. The lowest BCUT2D eigenvalue weighted by molar-refractivity contribution is -0.133. The fraction of sp³-hybridized carbons (Fsp3) is 0.625. The molecular formula is C8H13FO4S. The molecule has 14 heavy (non-hydrogen) atoms. The van der Waals surface area contributed by atoms with Gasteiger partial charge >= 0.3 is 5.97 Å². The first-order valence-corrected chi connectivity index (χ1v) is 5.13. The normalized spacial score (nSPS) is 13.3. The maximum atomic E-state index is 11.4. The Kier molecular flexibility index (Phi) is 8.61. The molecule has 0 saturated heterocycles. The highest BCUT2D eigenvalue weighted by atomic mass is 32.2. The van der Waals surface area contributed by atoms with Crippen LogP contribution in [0.5, 0.6) is 0 Å². The first kappa shape index (κ1) is 13.4. The predicted octanol–water partition coefficient (Wildman–Crippen LogP) is 0.665. The Hall–Kier alpha value is -0.590. The molecule has 1 unspecified atom stereocenters. The summed E-state index contributed by atoms with van der Waals surface area (Å²) in [5, 5.41) is 17.5. The van der Waals surface area contributed by atoms with E-state index in [2.05, 4.69) is 0 Å². The number of halogens is 1. The van der Waals surface area contributed by atoms with Gasteiger partial charge in [0.05, 0.1) is 31.4 Å². The van der Waals surface area contributed by atoms with E-state index in [1.165, 1.54) is 6.08 Å². The van der Waals surface area contributed by atoms with E-state index in [-0.39, 0.29) is 19.0 Å². The molecule has 1 atom stereocenters. The van der Waals surface area contributed by atoms with Gasteiger partial charge in [-0.25, -0.2) is 4.39 Å². The van der Waals surface area contributed by atoms with Crippen molar-refractivity contribution in [2.24, 2.45) is 0 Å². The third-order valence-electron chi connectivity index (χ3n) is 1.15. The number of hydrogen-bond donors (Lipinski definition) is 2. The van der Waals surface area contributed by atoms with Crippen LogP contribution in [-0.2, 0) is 9.53 Å². The van der Waals surface area contributed by atoms with E-state index in [1.807, 2.05) is 0 Å². The largest absolute Gasteiger partial charge is 0.481 e. The van der Waals surface area contributed by atoms with Gasteiger partial charge in [0.2, 0.25) is 0 Å². The molecule has 0 rings (SSSR count). The number of ether oxygens (including phenoxy) is 1. The van der Waals surface area contributed by atoms with Crippen molar-refractivity contribution in [2.75, 3.05) is 24.7 Å². The van der Waals surface area contributed by atoms with Crippen LogP contribution < -0.4 is 0 Å². The molecule has 2 N–H and O–H groups in total. The van der Waals surface area contributed by atoms with Gasteiger partial charge in [-0.3, -0.25) is 4.79 Å². The Morgan fingerprint density at radius 1 is 1.64 bits per heavy atom. The summed E-state index contributed by atoms with van der Waals surface area (Å²) < 4.78 is 16.3. The summed E-state index contributed by atoms with van der Waals surface area (Å²) in [5.74, 6) is -0.656. The summed E-state index contributed by atoms with van der Waals surface area (Å²) in [7, 11) is 0. The molecule has 0 saturated carbocycles. The number of carbonyl (C=O) groups is 1. The minimum Gasteiger partial charge on any atom is -0.481 e. The smallest absolute Gasteiger partial charge is 0.313 e. The third-order valence-corrected chi connectivity index (χ3v) is 2.22. The van der Waals surface area contributed by atoms with E-state index >= 15 is 0 Å². The molecule has 0 aromatic carbocycles. The number of hydrogen-bond acceptors (Lipinski definition) is 4. The molecule has 82 valence electrons. The Morgan fingerprint density at radius 2 is 2.36 bits per heavy atom. The lowest BCUT2D eigenvalue weighted by Crippen LogP contribution is -2.19. The SMILES string of the molecule is O=C(O)CSCC(O)COCC=CF. The molecule has 0 fully saturated rings. The van der Waals surface area contributed by atoms with Crippen LogP contribution in [0.1, 0.15) is 0 Å². The number of aliphatic hydroxyl groups is 1. The standard InChI is InChI=1S/C8H13FO4S/c9-2-1-3-13-4-7(10)5-14-6-8(11)12/h1-2,7,10H,3-6H2,(H,11,12). The molecule has 0 aliphatic heterocycles. The van der Waals surface area contributed by atoms with Crippen LogP contribution in [0.2, 0.25) is 0 Å². The van der Waals surface area contributed by atoms with Crippen molar-refractivity contribution >= 4 is 17.7 Å². The Balaban J connectivity index is 3.27. The van der Waals surface area contributed by atoms with Gasteiger partial charge in [-0.15, -0.1) is 11.8 Å². The number of carboxylic acid groups (broad SMARTS) is 1. The molecule has 0 aliphatic carbocycles. The van der Waals surface area contributed by atoms with Crippen molar-refractivity contribution in [3.8, 4) is 0 Å². The molecule has 0 aliphatic rings. The van der Waals surface area contributed by atoms with Crippen LogP contribution in [-0.4, -0.2) is 47.0 Å². The fourth-order valence-corrected chi connectivity index (χ4v) is 1.30. The zero-order valence-electron chi connectivity index (χ0n) is 7.56. The predicted molar refractivity (Wildman–Crippen MR) is 52.0 cm³/mol. The Bertz CT molecular complexity index is 186. The van der Waals surface area contributed by atoms with Gasteiger partial charge in [0.15, 0.2) is 0 Å². The summed E-state index contributed by atoms with van der Waals surface area (Å²) >= 11 is 1.11. The molecule has 0 heterocycles. The van der Waals surface area contributed by atoms with E-state index in [0.717, 1.165) is 11.8 Å². The van der Waals surface area contributed by atoms with Gasteiger partial charge < -0.3 is 14.9 Å². The number of aliphatic carboxylic acids is 1. The fourth-order valence-electron chi connectivity index (χ4n) is 0.639. The lowest BCUT2D eigenvalue weighted by Gasteiger charge is -2.08. The molecule has 0 radical (unpaired) electrons. The molecule has 4 nitrogen and oxygen atoms in total. The average molecular weight is 224 g/mol. The monoisotopic (exact) mass is 224 g/mol. The highest BCUT2D eigenvalue weighted by Gasteiger charge is 2.05. The molecule has 0 aromatic heterocycles. The minimum absolute atomic E-state index is 0.0402. The number of aliphatic hydroxyl groups excluding tert-OH is 1. The van der Waals surface area contributed by atoms with Crippen molar-refractivity contribution in [1.29, 1.82) is 0 Å². The summed E-state index contributed by atoms with van der Waals surface area (Å²) in [6, 6.07) is 0. The van der Waals surface area contributed by atoms with Gasteiger partial charge in [-0.05, 0) is 6.08 Å². The minimum atomic E-state index is -0.913. The zero-order chi connectivity index (χ0) is 10.8. The van der Waals surface area contributed by atoms with Crippen LogP contribution in [0.15, 0.2) is 12.4 Å². The highest BCUT2D eigenvalue weighted by molar-refractivity contribution is 7.99. The molecule has 6 heteroatoms. The molecule has 0 bridgehead atoms. The summed E-state index contributed by atoms with van der Waals surface area (Å²) in [6.45, 7) is 0.189. The molecule has 0 aromatic rings. The van der Waals surface area contributed by atoms with Gasteiger partial charge in [-0.1, -0.05) is 0 Å². The summed E-state index contributed by atoms with van der Waals surface area (Å²) in [6.07, 6.45) is 0.829.